The number of amides is 1. The molecule has 1 rings (SSSR count). The van der Waals surface area contributed by atoms with Crippen LogP contribution in [0.5, 0.6) is 5.75 Å². The topological polar surface area (TPSA) is 66.8 Å². The maximum absolute atomic E-state index is 11.4. The third-order valence-corrected chi connectivity index (χ3v) is 2.50. The molecule has 5 nitrogen and oxygen atoms in total. The fraction of sp³-hybridized carbons (Fsp3) is 0.385. The Morgan fingerprint density at radius 3 is 2.56 bits per heavy atom. The first-order chi connectivity index (χ1) is 8.43. The summed E-state index contributed by atoms with van der Waals surface area (Å²) >= 11 is 0. The second-order valence-electron chi connectivity index (χ2n) is 4.14. The van der Waals surface area contributed by atoms with E-state index in [9.17, 15) is 9.59 Å². The van der Waals surface area contributed by atoms with Crippen LogP contribution in [0.25, 0.3) is 0 Å². The van der Waals surface area contributed by atoms with Crippen molar-refractivity contribution in [1.29, 1.82) is 0 Å². The summed E-state index contributed by atoms with van der Waals surface area (Å²) in [7, 11) is 3.33. The highest BCUT2D eigenvalue weighted by Crippen LogP contribution is 2.23. The molecule has 1 aromatic carbocycles. The fourth-order valence-corrected chi connectivity index (χ4v) is 1.48. The van der Waals surface area contributed by atoms with Crippen molar-refractivity contribution in [3.63, 3.8) is 0 Å². The average molecular weight is 251 g/mol. The first kappa shape index (κ1) is 14.0. The van der Waals surface area contributed by atoms with Crippen LogP contribution in [0, 0.1) is 6.92 Å². The van der Waals surface area contributed by atoms with E-state index >= 15 is 0 Å². The van der Waals surface area contributed by atoms with Crippen molar-refractivity contribution in [2.45, 2.75) is 13.3 Å². The number of carboxylic acids is 1. The van der Waals surface area contributed by atoms with Crippen LogP contribution in [0.15, 0.2) is 18.2 Å². The second kappa shape index (κ2) is 6.05. The van der Waals surface area contributed by atoms with Gasteiger partial charge in [0.1, 0.15) is 11.3 Å². The lowest BCUT2D eigenvalue weighted by Crippen LogP contribution is -2.23. The Morgan fingerprint density at radius 1 is 1.33 bits per heavy atom. The van der Waals surface area contributed by atoms with Crippen LogP contribution in [0.3, 0.4) is 0 Å². The number of nitrogens with zero attached hydrogens (tertiary/aromatic N) is 1. The van der Waals surface area contributed by atoms with E-state index in [1.54, 1.807) is 33.2 Å². The molecule has 98 valence electrons. The van der Waals surface area contributed by atoms with Crippen molar-refractivity contribution in [3.8, 4) is 5.75 Å². The van der Waals surface area contributed by atoms with Gasteiger partial charge in [0.25, 0.3) is 0 Å². The molecule has 5 heteroatoms. The van der Waals surface area contributed by atoms with Crippen molar-refractivity contribution in [3.05, 3.63) is 29.3 Å². The molecule has 0 spiro atoms. The molecule has 0 aromatic heterocycles. The summed E-state index contributed by atoms with van der Waals surface area (Å²) < 4.78 is 5.42. The smallest absolute Gasteiger partial charge is 0.339 e. The van der Waals surface area contributed by atoms with Crippen LogP contribution in [0.4, 0.5) is 0 Å². The van der Waals surface area contributed by atoms with Crippen molar-refractivity contribution >= 4 is 11.9 Å². The number of hydrogen-bond donors (Lipinski definition) is 1. The summed E-state index contributed by atoms with van der Waals surface area (Å²) in [5, 5.41) is 9.03. The number of rotatable bonds is 5. The summed E-state index contributed by atoms with van der Waals surface area (Å²) in [5.41, 5.74) is 0.861. The Bertz CT molecular complexity index is 454. The molecule has 0 bridgehead atoms. The Labute approximate surface area is 106 Å². The van der Waals surface area contributed by atoms with Crippen LogP contribution in [-0.4, -0.2) is 42.6 Å². The zero-order valence-corrected chi connectivity index (χ0v) is 10.8. The number of hydrogen-bond acceptors (Lipinski definition) is 3. The molecule has 1 amide bonds. The molecule has 0 radical (unpaired) electrons. The normalized spacial score (nSPS) is 9.94. The quantitative estimate of drug-likeness (QED) is 0.862. The predicted molar refractivity (Wildman–Crippen MR) is 66.9 cm³/mol. The van der Waals surface area contributed by atoms with Crippen LogP contribution >= 0.6 is 0 Å². The third-order valence-electron chi connectivity index (χ3n) is 2.50. The van der Waals surface area contributed by atoms with Crippen LogP contribution < -0.4 is 4.74 Å². The highest BCUT2D eigenvalue weighted by atomic mass is 16.5. The van der Waals surface area contributed by atoms with Gasteiger partial charge >= 0.3 is 5.97 Å². The number of carbonyl (C=O) groups excluding carboxylic acids is 1. The molecule has 0 aliphatic heterocycles. The largest absolute Gasteiger partial charge is 0.492 e. The van der Waals surface area contributed by atoms with Gasteiger partial charge in [-0.25, -0.2) is 4.79 Å². The maximum Gasteiger partial charge on any atom is 0.339 e. The van der Waals surface area contributed by atoms with E-state index in [1.807, 2.05) is 0 Å². The van der Waals surface area contributed by atoms with E-state index < -0.39 is 5.97 Å². The highest BCUT2D eigenvalue weighted by molar-refractivity contribution is 5.91. The zero-order chi connectivity index (χ0) is 13.7. The molecule has 0 aliphatic rings. The number of para-hydroxylation sites is 1. The van der Waals surface area contributed by atoms with Gasteiger partial charge in [0.15, 0.2) is 0 Å². The monoisotopic (exact) mass is 251 g/mol. The second-order valence-corrected chi connectivity index (χ2v) is 4.14. The van der Waals surface area contributed by atoms with Gasteiger partial charge in [0, 0.05) is 14.1 Å². The van der Waals surface area contributed by atoms with E-state index in [0.717, 1.165) is 5.56 Å². The number of benzene rings is 1. The van der Waals surface area contributed by atoms with Crippen molar-refractivity contribution in [2.24, 2.45) is 0 Å². The van der Waals surface area contributed by atoms with Gasteiger partial charge in [-0.3, -0.25) is 4.79 Å². The Hall–Kier alpha value is -2.04. The number of aryl methyl sites for hydroxylation is 1. The Kier molecular flexibility index (Phi) is 4.71. The Morgan fingerprint density at radius 2 is 2.00 bits per heavy atom. The van der Waals surface area contributed by atoms with Crippen molar-refractivity contribution in [1.82, 2.24) is 4.90 Å². The lowest BCUT2D eigenvalue weighted by molar-refractivity contribution is -0.129. The van der Waals surface area contributed by atoms with Gasteiger partial charge in [-0.15, -0.1) is 0 Å². The van der Waals surface area contributed by atoms with E-state index in [1.165, 1.54) is 11.0 Å². The summed E-state index contributed by atoms with van der Waals surface area (Å²) in [6.07, 6.45) is 0.223. The van der Waals surface area contributed by atoms with Gasteiger partial charge in [-0.05, 0) is 18.6 Å². The van der Waals surface area contributed by atoms with Gasteiger partial charge in [-0.2, -0.15) is 0 Å². The minimum Gasteiger partial charge on any atom is -0.492 e. The molecule has 18 heavy (non-hydrogen) atoms. The summed E-state index contributed by atoms with van der Waals surface area (Å²) in [6, 6.07) is 4.92. The van der Waals surface area contributed by atoms with Gasteiger partial charge in [0.05, 0.1) is 13.0 Å². The predicted octanol–water partition coefficient (Wildman–Crippen LogP) is 1.55. The molecule has 1 N–H and O–H groups in total. The van der Waals surface area contributed by atoms with Gasteiger partial charge < -0.3 is 14.7 Å². The van der Waals surface area contributed by atoms with E-state index in [-0.39, 0.29) is 24.5 Å². The molecule has 0 heterocycles. The van der Waals surface area contributed by atoms with E-state index in [4.69, 9.17) is 9.84 Å². The zero-order valence-electron chi connectivity index (χ0n) is 10.8. The molecule has 0 fully saturated rings. The summed E-state index contributed by atoms with van der Waals surface area (Å²) in [5.74, 6) is -0.760. The molecule has 1 aromatic rings. The SMILES string of the molecule is Cc1cccc(C(=O)O)c1OCCC(=O)N(C)C. The lowest BCUT2D eigenvalue weighted by Gasteiger charge is -2.13. The summed E-state index contributed by atoms with van der Waals surface area (Å²) in [4.78, 5) is 23.9. The van der Waals surface area contributed by atoms with Crippen LogP contribution in [-0.2, 0) is 4.79 Å². The highest BCUT2D eigenvalue weighted by Gasteiger charge is 2.14. The number of aromatic carboxylic acids is 1. The minimum atomic E-state index is -1.03. The molecule has 0 saturated heterocycles. The van der Waals surface area contributed by atoms with E-state index in [0.29, 0.717) is 5.75 Å². The molecule has 0 atom stereocenters. The van der Waals surface area contributed by atoms with E-state index in [2.05, 4.69) is 0 Å². The maximum atomic E-state index is 11.4. The molecular formula is C13H17NO4. The van der Waals surface area contributed by atoms with Crippen molar-refractivity contribution < 1.29 is 19.4 Å². The average Bonchev–Trinajstić information content (AvgIpc) is 2.30. The van der Waals surface area contributed by atoms with Crippen LogP contribution in [0.1, 0.15) is 22.3 Å². The minimum absolute atomic E-state index is 0.0551. The number of carbonyl (C=O) groups is 2. The molecule has 0 aliphatic carbocycles. The van der Waals surface area contributed by atoms with Crippen molar-refractivity contribution in [2.75, 3.05) is 20.7 Å². The van der Waals surface area contributed by atoms with Gasteiger partial charge in [-0.1, -0.05) is 12.1 Å². The van der Waals surface area contributed by atoms with Gasteiger partial charge in [0.2, 0.25) is 5.91 Å². The standard InChI is InChI=1S/C13H17NO4/c1-9-5-4-6-10(13(16)17)12(9)18-8-7-11(15)14(2)3/h4-6H,7-8H2,1-3H3,(H,16,17). The lowest BCUT2D eigenvalue weighted by atomic mass is 10.1. The summed E-state index contributed by atoms with van der Waals surface area (Å²) in [6.45, 7) is 1.94. The first-order valence-corrected chi connectivity index (χ1v) is 5.59. The molecular weight excluding hydrogens is 234 g/mol. The molecule has 0 unspecified atom stereocenters. The third kappa shape index (κ3) is 3.48. The number of ether oxygens (including phenoxy) is 1. The fourth-order valence-electron chi connectivity index (χ4n) is 1.48. The molecule has 0 saturated carbocycles. The first-order valence-electron chi connectivity index (χ1n) is 5.59. The van der Waals surface area contributed by atoms with Crippen LogP contribution in [0.2, 0.25) is 0 Å². The Balaban J connectivity index is 2.73. The number of carboxylic acid groups (broad SMARTS) is 1.